The quantitative estimate of drug-likeness (QED) is 0.696. The molecule has 1 aliphatic rings. The van der Waals surface area contributed by atoms with Crippen molar-refractivity contribution in [3.63, 3.8) is 0 Å². The molecule has 1 amide bonds. The lowest BCUT2D eigenvalue weighted by Crippen LogP contribution is -2.37. The van der Waals surface area contributed by atoms with Crippen molar-refractivity contribution in [1.29, 1.82) is 0 Å². The zero-order valence-corrected chi connectivity index (χ0v) is 13.0. The predicted molar refractivity (Wildman–Crippen MR) is 83.1 cm³/mol. The summed E-state index contributed by atoms with van der Waals surface area (Å²) < 4.78 is 0. The summed E-state index contributed by atoms with van der Waals surface area (Å²) in [7, 11) is 0. The number of thioether (sulfide) groups is 1. The van der Waals surface area contributed by atoms with Crippen LogP contribution in [0, 0.1) is 0 Å². The normalized spacial score (nSPS) is 17.4. The Bertz CT molecular complexity index is 607. The number of nitrogens with zero attached hydrogens (tertiary/aromatic N) is 2. The van der Waals surface area contributed by atoms with E-state index >= 15 is 0 Å². The summed E-state index contributed by atoms with van der Waals surface area (Å²) in [6, 6.07) is 2.39. The van der Waals surface area contributed by atoms with Crippen LogP contribution in [0.1, 0.15) is 32.6 Å². The first kappa shape index (κ1) is 13.8. The first-order valence-electron chi connectivity index (χ1n) is 6.89. The van der Waals surface area contributed by atoms with Gasteiger partial charge in [0.2, 0.25) is 5.91 Å². The Hall–Kier alpha value is -1.14. The van der Waals surface area contributed by atoms with Crippen LogP contribution in [0.5, 0.6) is 0 Å². The minimum Gasteiger partial charge on any atom is -0.352 e. The molecule has 0 bridgehead atoms. The Labute approximate surface area is 126 Å². The van der Waals surface area contributed by atoms with Crippen LogP contribution in [-0.2, 0) is 4.79 Å². The van der Waals surface area contributed by atoms with Crippen molar-refractivity contribution < 1.29 is 4.79 Å². The molecule has 6 heteroatoms. The molecule has 0 aromatic carbocycles. The summed E-state index contributed by atoms with van der Waals surface area (Å²) in [6.45, 7) is 1.94. The van der Waals surface area contributed by atoms with Gasteiger partial charge in [0.05, 0.1) is 5.25 Å². The fourth-order valence-electron chi connectivity index (χ4n) is 2.47. The Morgan fingerprint density at radius 3 is 3.05 bits per heavy atom. The van der Waals surface area contributed by atoms with Gasteiger partial charge in [-0.15, -0.1) is 11.3 Å². The minimum absolute atomic E-state index is 0.115. The van der Waals surface area contributed by atoms with Crippen molar-refractivity contribution in [2.75, 3.05) is 0 Å². The van der Waals surface area contributed by atoms with E-state index in [4.69, 9.17) is 0 Å². The summed E-state index contributed by atoms with van der Waals surface area (Å²) in [6.07, 6.45) is 6.27. The standard InChI is InChI=1S/C14H17N3OS2/c1-9(12(18)17-10-4-2-3-5-10)20-14-11-6-7-19-13(11)15-8-16-14/h6-10H,2-5H2,1H3,(H,17,18)/t9-/m1/s1. The summed E-state index contributed by atoms with van der Waals surface area (Å²) in [5.41, 5.74) is 0. The summed E-state index contributed by atoms with van der Waals surface area (Å²) in [5.74, 6) is 0.115. The van der Waals surface area contributed by atoms with Gasteiger partial charge in [0.15, 0.2) is 0 Å². The number of carbonyl (C=O) groups excluding carboxylic acids is 1. The largest absolute Gasteiger partial charge is 0.352 e. The summed E-state index contributed by atoms with van der Waals surface area (Å²) in [5, 5.41) is 6.95. The van der Waals surface area contributed by atoms with Gasteiger partial charge in [0.25, 0.3) is 0 Å². The van der Waals surface area contributed by atoms with Gasteiger partial charge in [0, 0.05) is 11.4 Å². The van der Waals surface area contributed by atoms with Crippen molar-refractivity contribution in [1.82, 2.24) is 15.3 Å². The molecule has 1 saturated carbocycles. The predicted octanol–water partition coefficient (Wildman–Crippen LogP) is 3.23. The lowest BCUT2D eigenvalue weighted by Gasteiger charge is -2.16. The molecule has 1 aliphatic carbocycles. The monoisotopic (exact) mass is 307 g/mol. The molecule has 1 fully saturated rings. The molecule has 1 N–H and O–H groups in total. The third-order valence-electron chi connectivity index (χ3n) is 3.58. The number of amides is 1. The highest BCUT2D eigenvalue weighted by atomic mass is 32.2. The molecule has 2 heterocycles. The van der Waals surface area contributed by atoms with E-state index in [0.29, 0.717) is 6.04 Å². The lowest BCUT2D eigenvalue weighted by molar-refractivity contribution is -0.120. The Kier molecular flexibility index (Phi) is 4.21. The highest BCUT2D eigenvalue weighted by Gasteiger charge is 2.22. The second-order valence-corrected chi connectivity index (χ2v) is 7.29. The fraction of sp³-hybridized carbons (Fsp3) is 0.500. The van der Waals surface area contributed by atoms with E-state index in [-0.39, 0.29) is 11.2 Å². The summed E-state index contributed by atoms with van der Waals surface area (Å²) in [4.78, 5) is 21.7. The second kappa shape index (κ2) is 6.10. The number of hydrogen-bond donors (Lipinski definition) is 1. The highest BCUT2D eigenvalue weighted by molar-refractivity contribution is 8.00. The molecule has 20 heavy (non-hydrogen) atoms. The van der Waals surface area contributed by atoms with Crippen LogP contribution in [-0.4, -0.2) is 27.2 Å². The van der Waals surface area contributed by atoms with Gasteiger partial charge in [-0.3, -0.25) is 4.79 Å². The minimum atomic E-state index is -0.131. The molecule has 0 spiro atoms. The zero-order chi connectivity index (χ0) is 13.9. The van der Waals surface area contributed by atoms with E-state index in [2.05, 4.69) is 15.3 Å². The van der Waals surface area contributed by atoms with Crippen LogP contribution >= 0.6 is 23.1 Å². The van der Waals surface area contributed by atoms with Gasteiger partial charge < -0.3 is 5.32 Å². The van der Waals surface area contributed by atoms with E-state index in [1.54, 1.807) is 17.7 Å². The second-order valence-electron chi connectivity index (χ2n) is 5.07. The van der Waals surface area contributed by atoms with E-state index in [1.165, 1.54) is 24.6 Å². The Balaban J connectivity index is 1.67. The molecule has 3 rings (SSSR count). The molecule has 106 valence electrons. The van der Waals surface area contributed by atoms with Crippen LogP contribution in [0.25, 0.3) is 10.2 Å². The maximum atomic E-state index is 12.2. The van der Waals surface area contributed by atoms with Crippen molar-refractivity contribution in [3.05, 3.63) is 17.8 Å². The zero-order valence-electron chi connectivity index (χ0n) is 11.3. The van der Waals surface area contributed by atoms with E-state index in [9.17, 15) is 4.79 Å². The average molecular weight is 307 g/mol. The number of nitrogens with one attached hydrogen (secondary N) is 1. The molecular weight excluding hydrogens is 290 g/mol. The Morgan fingerprint density at radius 2 is 2.25 bits per heavy atom. The maximum absolute atomic E-state index is 12.2. The van der Waals surface area contributed by atoms with E-state index < -0.39 is 0 Å². The van der Waals surface area contributed by atoms with Crippen LogP contribution in [0.3, 0.4) is 0 Å². The smallest absolute Gasteiger partial charge is 0.233 e. The number of hydrogen-bond acceptors (Lipinski definition) is 5. The average Bonchev–Trinajstić information content (AvgIpc) is 3.09. The molecule has 2 aromatic heterocycles. The molecule has 1 atom stereocenters. The molecule has 0 aliphatic heterocycles. The van der Waals surface area contributed by atoms with Crippen molar-refractivity contribution in [3.8, 4) is 0 Å². The SMILES string of the molecule is C[C@@H](Sc1ncnc2sccc12)C(=O)NC1CCCC1. The number of fused-ring (bicyclic) bond motifs is 1. The first-order chi connectivity index (χ1) is 9.74. The van der Waals surface area contributed by atoms with Gasteiger partial charge in [0.1, 0.15) is 16.2 Å². The Morgan fingerprint density at radius 1 is 1.45 bits per heavy atom. The first-order valence-corrected chi connectivity index (χ1v) is 8.65. The molecule has 0 saturated heterocycles. The van der Waals surface area contributed by atoms with Gasteiger partial charge in [-0.25, -0.2) is 9.97 Å². The third kappa shape index (κ3) is 2.96. The van der Waals surface area contributed by atoms with Crippen LogP contribution in [0.2, 0.25) is 0 Å². The molecule has 2 aromatic rings. The maximum Gasteiger partial charge on any atom is 0.233 e. The fourth-order valence-corrected chi connectivity index (χ4v) is 4.18. The highest BCUT2D eigenvalue weighted by Crippen LogP contribution is 2.30. The van der Waals surface area contributed by atoms with Crippen molar-refractivity contribution in [2.45, 2.75) is 48.9 Å². The van der Waals surface area contributed by atoms with E-state index in [0.717, 1.165) is 28.1 Å². The van der Waals surface area contributed by atoms with Crippen molar-refractivity contribution >= 4 is 39.2 Å². The third-order valence-corrected chi connectivity index (χ3v) is 5.52. The van der Waals surface area contributed by atoms with Crippen LogP contribution in [0.4, 0.5) is 0 Å². The van der Waals surface area contributed by atoms with Crippen LogP contribution < -0.4 is 5.32 Å². The van der Waals surface area contributed by atoms with Crippen LogP contribution in [0.15, 0.2) is 22.8 Å². The van der Waals surface area contributed by atoms with E-state index in [1.807, 2.05) is 18.4 Å². The molecule has 0 unspecified atom stereocenters. The number of aromatic nitrogens is 2. The summed E-state index contributed by atoms with van der Waals surface area (Å²) >= 11 is 3.11. The number of carbonyl (C=O) groups is 1. The van der Waals surface area contributed by atoms with Gasteiger partial charge in [-0.05, 0) is 31.2 Å². The molecule has 4 nitrogen and oxygen atoms in total. The number of rotatable bonds is 4. The number of thiophene rings is 1. The molecular formula is C14H17N3OS2. The van der Waals surface area contributed by atoms with Gasteiger partial charge in [-0.1, -0.05) is 24.6 Å². The van der Waals surface area contributed by atoms with Gasteiger partial charge in [-0.2, -0.15) is 0 Å². The van der Waals surface area contributed by atoms with Gasteiger partial charge >= 0.3 is 0 Å². The lowest BCUT2D eigenvalue weighted by atomic mass is 10.2. The van der Waals surface area contributed by atoms with Crippen molar-refractivity contribution in [2.24, 2.45) is 0 Å². The molecule has 0 radical (unpaired) electrons. The topological polar surface area (TPSA) is 54.9 Å².